The highest BCUT2D eigenvalue weighted by molar-refractivity contribution is 7.81. The molecule has 23 heavy (non-hydrogen) atoms. The molecule has 8 N–H and O–H groups in total. The zero-order valence-corrected chi connectivity index (χ0v) is 15.1. The van der Waals surface area contributed by atoms with E-state index in [-0.39, 0.29) is 20.9 Å². The number of thiocarbonyl (C=S) groups is 2. The van der Waals surface area contributed by atoms with Crippen molar-refractivity contribution in [3.8, 4) is 0 Å². The standard InChI is InChI=1S/C8H11ClN4O6P2S2/c9-5-3-4(10-7(22)12-20(14,15)16)1-2-6(5)11-8(23)13-21(17,18)19/h1-3H,(H4,10,12,14,15,16,22)(H4,11,13,17,18,19,23). The molecule has 0 amide bonds. The first-order valence-corrected chi connectivity index (χ1v) is 9.87. The van der Waals surface area contributed by atoms with Gasteiger partial charge in [-0.25, -0.2) is 9.13 Å². The largest absolute Gasteiger partial charge is 0.429 e. The van der Waals surface area contributed by atoms with Gasteiger partial charge in [-0.2, -0.15) is 0 Å². The van der Waals surface area contributed by atoms with E-state index in [0.29, 0.717) is 5.69 Å². The number of rotatable bonds is 4. The molecule has 1 rings (SSSR count). The fraction of sp³-hybridized carbons (Fsp3) is 0. The molecule has 0 radical (unpaired) electrons. The van der Waals surface area contributed by atoms with Gasteiger partial charge in [0.25, 0.3) is 0 Å². The molecule has 0 atom stereocenters. The molecule has 10 nitrogen and oxygen atoms in total. The van der Waals surface area contributed by atoms with E-state index in [1.54, 1.807) is 10.2 Å². The summed E-state index contributed by atoms with van der Waals surface area (Å²) in [5.41, 5.74) is 0.567. The van der Waals surface area contributed by atoms with Gasteiger partial charge in [-0.3, -0.25) is 10.2 Å². The first-order chi connectivity index (χ1) is 10.4. The molecule has 0 fully saturated rings. The van der Waals surface area contributed by atoms with Crippen molar-refractivity contribution in [2.45, 2.75) is 0 Å². The van der Waals surface area contributed by atoms with Crippen LogP contribution in [0.5, 0.6) is 0 Å². The lowest BCUT2D eigenvalue weighted by molar-refractivity contribution is 0.365. The molecule has 15 heteroatoms. The maximum Gasteiger partial charge on any atom is 0.429 e. The summed E-state index contributed by atoms with van der Waals surface area (Å²) in [6, 6.07) is 4.22. The fourth-order valence-corrected chi connectivity index (χ4v) is 3.08. The van der Waals surface area contributed by atoms with Crippen LogP contribution in [0, 0.1) is 0 Å². The number of hydrogen-bond donors (Lipinski definition) is 8. The first kappa shape index (κ1) is 20.2. The van der Waals surface area contributed by atoms with Crippen molar-refractivity contribution in [1.82, 2.24) is 10.2 Å². The predicted molar refractivity (Wildman–Crippen MR) is 94.3 cm³/mol. The smallest absolute Gasteiger partial charge is 0.332 e. The maximum absolute atomic E-state index is 10.7. The summed E-state index contributed by atoms with van der Waals surface area (Å²) in [4.78, 5) is 34.8. The van der Waals surface area contributed by atoms with E-state index >= 15 is 0 Å². The monoisotopic (exact) mass is 420 g/mol. The summed E-state index contributed by atoms with van der Waals surface area (Å²) in [6.07, 6.45) is 0. The van der Waals surface area contributed by atoms with Crippen LogP contribution in [-0.2, 0) is 9.13 Å². The van der Waals surface area contributed by atoms with Crippen molar-refractivity contribution in [2.24, 2.45) is 0 Å². The van der Waals surface area contributed by atoms with Crippen LogP contribution in [0.4, 0.5) is 11.4 Å². The van der Waals surface area contributed by atoms with Gasteiger partial charge in [-0.1, -0.05) is 11.6 Å². The van der Waals surface area contributed by atoms with Gasteiger partial charge in [0, 0.05) is 5.69 Å². The minimum atomic E-state index is -4.53. The van der Waals surface area contributed by atoms with E-state index in [0.717, 1.165) is 0 Å². The molecule has 0 saturated heterocycles. The maximum atomic E-state index is 10.7. The molecule has 0 heterocycles. The normalized spacial score (nSPS) is 11.5. The molecule has 0 aromatic heterocycles. The van der Waals surface area contributed by atoms with Gasteiger partial charge < -0.3 is 30.2 Å². The van der Waals surface area contributed by atoms with Gasteiger partial charge in [-0.05, 0) is 42.6 Å². The molecule has 128 valence electrons. The van der Waals surface area contributed by atoms with Gasteiger partial charge >= 0.3 is 15.5 Å². The van der Waals surface area contributed by atoms with E-state index in [4.69, 9.17) is 55.6 Å². The lowest BCUT2D eigenvalue weighted by Crippen LogP contribution is -2.26. The first-order valence-electron chi connectivity index (χ1n) is 5.45. The van der Waals surface area contributed by atoms with Gasteiger partial charge in [0.2, 0.25) is 0 Å². The second kappa shape index (κ2) is 7.84. The predicted octanol–water partition coefficient (Wildman–Crippen LogP) is 1.10. The molecule has 0 unspecified atom stereocenters. The minimum Gasteiger partial charge on any atom is -0.332 e. The molecular formula is C8H11ClN4O6P2S2. The Morgan fingerprint density at radius 1 is 0.957 bits per heavy atom. The summed E-state index contributed by atoms with van der Waals surface area (Å²) in [5, 5.41) is 7.98. The Morgan fingerprint density at radius 2 is 1.43 bits per heavy atom. The number of anilines is 2. The Bertz CT molecular complexity index is 723. The van der Waals surface area contributed by atoms with Crippen LogP contribution in [0.15, 0.2) is 18.2 Å². The van der Waals surface area contributed by atoms with Crippen LogP contribution in [-0.4, -0.2) is 29.8 Å². The Morgan fingerprint density at radius 3 is 1.87 bits per heavy atom. The van der Waals surface area contributed by atoms with Crippen LogP contribution < -0.4 is 20.8 Å². The van der Waals surface area contributed by atoms with Crippen LogP contribution >= 0.6 is 51.5 Å². The highest BCUT2D eigenvalue weighted by Gasteiger charge is 2.16. The number of halogens is 1. The van der Waals surface area contributed by atoms with Crippen LogP contribution in [0.1, 0.15) is 0 Å². The third-order valence-electron chi connectivity index (χ3n) is 1.97. The summed E-state index contributed by atoms with van der Waals surface area (Å²) in [6.45, 7) is 0. The Hall–Kier alpha value is -0.810. The summed E-state index contributed by atoms with van der Waals surface area (Å²) in [7, 11) is -9.05. The number of nitrogens with one attached hydrogen (secondary N) is 4. The third kappa shape index (κ3) is 8.56. The molecule has 0 aliphatic heterocycles. The fourth-order valence-electron chi connectivity index (χ4n) is 1.27. The van der Waals surface area contributed by atoms with E-state index in [2.05, 4.69) is 10.6 Å². The van der Waals surface area contributed by atoms with Gasteiger partial charge in [0.15, 0.2) is 10.2 Å². The summed E-state index contributed by atoms with van der Waals surface area (Å²) in [5.74, 6) is 0. The number of benzene rings is 1. The lowest BCUT2D eigenvalue weighted by atomic mass is 10.3. The average Bonchev–Trinajstić information content (AvgIpc) is 2.27. The molecule has 1 aromatic carbocycles. The Kier molecular flexibility index (Phi) is 6.90. The third-order valence-corrected chi connectivity index (χ3v) is 4.02. The van der Waals surface area contributed by atoms with E-state index in [1.165, 1.54) is 18.2 Å². The van der Waals surface area contributed by atoms with Crippen molar-refractivity contribution >= 4 is 73.1 Å². The number of hydrogen-bond acceptors (Lipinski definition) is 4. The van der Waals surface area contributed by atoms with Gasteiger partial charge in [0.1, 0.15) is 0 Å². The van der Waals surface area contributed by atoms with E-state index in [1.807, 2.05) is 0 Å². The lowest BCUT2D eigenvalue weighted by Gasteiger charge is -2.14. The molecule has 0 bridgehead atoms. The van der Waals surface area contributed by atoms with Crippen molar-refractivity contribution in [3.63, 3.8) is 0 Å². The summed E-state index contributed by atoms with van der Waals surface area (Å²) >= 11 is 15.4. The second-order valence-corrected chi connectivity index (χ2v) is 7.76. The molecule has 0 aliphatic rings. The van der Waals surface area contributed by atoms with Crippen LogP contribution in [0.2, 0.25) is 5.02 Å². The highest BCUT2D eigenvalue weighted by atomic mass is 35.5. The van der Waals surface area contributed by atoms with Crippen molar-refractivity contribution in [1.29, 1.82) is 0 Å². The van der Waals surface area contributed by atoms with Crippen LogP contribution in [0.25, 0.3) is 0 Å². The average molecular weight is 421 g/mol. The highest BCUT2D eigenvalue weighted by Crippen LogP contribution is 2.30. The van der Waals surface area contributed by atoms with Gasteiger partial charge in [0.05, 0.1) is 10.7 Å². The minimum absolute atomic E-state index is 0.115. The molecule has 1 aromatic rings. The van der Waals surface area contributed by atoms with E-state index < -0.39 is 15.5 Å². The molecule has 0 aliphatic carbocycles. The Labute approximate surface area is 146 Å². The SMILES string of the molecule is O=P(O)(O)NC(=S)Nc1ccc(NC(=S)NP(=O)(O)O)c(Cl)c1. The summed E-state index contributed by atoms with van der Waals surface area (Å²) < 4.78 is 21.5. The topological polar surface area (TPSA) is 163 Å². The molecule has 0 saturated carbocycles. The quantitative estimate of drug-likeness (QED) is 0.259. The second-order valence-electron chi connectivity index (χ2n) is 3.91. The van der Waals surface area contributed by atoms with Crippen molar-refractivity contribution in [2.75, 3.05) is 10.6 Å². The van der Waals surface area contributed by atoms with Gasteiger partial charge in [-0.15, -0.1) is 0 Å². The zero-order chi connectivity index (χ0) is 17.8. The van der Waals surface area contributed by atoms with Crippen LogP contribution in [0.3, 0.4) is 0 Å². The molecule has 0 spiro atoms. The zero-order valence-electron chi connectivity index (χ0n) is 10.9. The van der Waals surface area contributed by atoms with E-state index in [9.17, 15) is 9.13 Å². The van der Waals surface area contributed by atoms with Crippen molar-refractivity contribution < 1.29 is 28.7 Å². The Balaban J connectivity index is 2.75. The van der Waals surface area contributed by atoms with Crippen molar-refractivity contribution in [3.05, 3.63) is 23.2 Å². The molecular weight excluding hydrogens is 410 g/mol.